The smallest absolute Gasteiger partial charge is 0.278 e. The molecule has 5 rings (SSSR count). The summed E-state index contributed by atoms with van der Waals surface area (Å²) in [6, 6.07) is 4.27. The van der Waals surface area contributed by atoms with E-state index in [9.17, 15) is 9.59 Å². The third-order valence-electron chi connectivity index (χ3n) is 7.03. The van der Waals surface area contributed by atoms with Crippen LogP contribution in [0.25, 0.3) is 0 Å². The monoisotopic (exact) mass is 429 g/mol. The highest BCUT2D eigenvalue weighted by atomic mass is 32.1. The summed E-state index contributed by atoms with van der Waals surface area (Å²) >= 11 is 1.79. The summed E-state index contributed by atoms with van der Waals surface area (Å²) < 4.78 is 4.66. The first-order valence-electron chi connectivity index (χ1n) is 10.7. The summed E-state index contributed by atoms with van der Waals surface area (Å²) in [5.74, 6) is 0.338. The molecule has 4 heterocycles. The molecule has 8 nitrogen and oxygen atoms in total. The van der Waals surface area contributed by atoms with Gasteiger partial charge in [-0.15, -0.1) is 11.3 Å². The molecule has 2 amide bonds. The van der Waals surface area contributed by atoms with Crippen molar-refractivity contribution in [3.8, 4) is 0 Å². The lowest BCUT2D eigenvalue weighted by atomic mass is 9.90. The van der Waals surface area contributed by atoms with Gasteiger partial charge < -0.3 is 9.80 Å². The van der Waals surface area contributed by atoms with Gasteiger partial charge in [0.25, 0.3) is 5.91 Å². The van der Waals surface area contributed by atoms with Crippen molar-refractivity contribution in [3.05, 3.63) is 33.8 Å². The molecule has 0 aromatic carbocycles. The third kappa shape index (κ3) is 3.65. The molecule has 0 bridgehead atoms. The van der Waals surface area contributed by atoms with Crippen molar-refractivity contribution < 1.29 is 14.2 Å². The fourth-order valence-electron chi connectivity index (χ4n) is 4.95. The first-order valence-corrected chi connectivity index (χ1v) is 11.6. The minimum absolute atomic E-state index is 0.0963. The van der Waals surface area contributed by atoms with Gasteiger partial charge in [0.1, 0.15) is 5.69 Å². The van der Waals surface area contributed by atoms with Gasteiger partial charge in [0, 0.05) is 56.6 Å². The fraction of sp³-hybridized carbons (Fsp3) is 0.619. The number of thiophene rings is 1. The standard InChI is InChI=1S/C21H27N5O3S/c1-15-18(23-29-22-15)20(28)25-6-4-21(5-7-25)13-17(21)19(27)26-10-8-24(9-11-26)14-16-3-2-12-30-16/h2-3,12,17H,4-11,13-14H2,1H3. The molecule has 1 aliphatic carbocycles. The Morgan fingerprint density at radius 1 is 1.13 bits per heavy atom. The molecule has 2 aromatic rings. The number of piperidine rings is 1. The molecule has 2 aromatic heterocycles. The fourth-order valence-corrected chi connectivity index (χ4v) is 5.70. The Morgan fingerprint density at radius 2 is 1.90 bits per heavy atom. The zero-order valence-corrected chi connectivity index (χ0v) is 18.1. The first kappa shape index (κ1) is 19.7. The van der Waals surface area contributed by atoms with E-state index in [1.165, 1.54) is 4.88 Å². The Hall–Kier alpha value is -2.26. The van der Waals surface area contributed by atoms with Gasteiger partial charge in [-0.1, -0.05) is 11.2 Å². The number of aryl methyl sites for hydroxylation is 1. The largest absolute Gasteiger partial charge is 0.340 e. The van der Waals surface area contributed by atoms with Crippen molar-refractivity contribution >= 4 is 23.2 Å². The maximum absolute atomic E-state index is 13.1. The molecule has 2 saturated heterocycles. The number of rotatable bonds is 4. The van der Waals surface area contributed by atoms with Gasteiger partial charge in [-0.05, 0) is 48.2 Å². The number of nitrogens with zero attached hydrogens (tertiary/aromatic N) is 5. The molecule has 1 spiro atoms. The van der Waals surface area contributed by atoms with E-state index in [1.807, 2.05) is 4.90 Å². The van der Waals surface area contributed by atoms with E-state index in [1.54, 1.807) is 18.3 Å². The van der Waals surface area contributed by atoms with Crippen LogP contribution >= 0.6 is 11.3 Å². The SMILES string of the molecule is Cc1nonc1C(=O)N1CCC2(CC1)CC2C(=O)N1CCN(Cc2cccs2)CC1. The van der Waals surface area contributed by atoms with Crippen LogP contribution in [-0.2, 0) is 11.3 Å². The average molecular weight is 430 g/mol. The summed E-state index contributed by atoms with van der Waals surface area (Å²) in [7, 11) is 0. The van der Waals surface area contributed by atoms with E-state index >= 15 is 0 Å². The van der Waals surface area contributed by atoms with Crippen LogP contribution in [0.1, 0.15) is 40.3 Å². The van der Waals surface area contributed by atoms with Crippen LogP contribution in [0, 0.1) is 18.3 Å². The molecule has 1 unspecified atom stereocenters. The van der Waals surface area contributed by atoms with Crippen LogP contribution < -0.4 is 0 Å². The number of amides is 2. The van der Waals surface area contributed by atoms with Crippen molar-refractivity contribution in [2.24, 2.45) is 11.3 Å². The average Bonchev–Trinajstić information content (AvgIpc) is 3.10. The summed E-state index contributed by atoms with van der Waals surface area (Å²) in [6.45, 7) is 7.57. The maximum atomic E-state index is 13.1. The molecule has 0 radical (unpaired) electrons. The Balaban J connectivity index is 1.11. The maximum Gasteiger partial charge on any atom is 0.278 e. The quantitative estimate of drug-likeness (QED) is 0.740. The van der Waals surface area contributed by atoms with Gasteiger partial charge in [0.15, 0.2) is 5.69 Å². The summed E-state index contributed by atoms with van der Waals surface area (Å²) in [5.41, 5.74) is 0.923. The van der Waals surface area contributed by atoms with Crippen LogP contribution in [0.15, 0.2) is 22.1 Å². The molecular weight excluding hydrogens is 402 g/mol. The summed E-state index contributed by atoms with van der Waals surface area (Å²) in [4.78, 5) is 33.4. The van der Waals surface area contributed by atoms with Crippen molar-refractivity contribution in [1.82, 2.24) is 25.0 Å². The second-order valence-corrected chi connectivity index (χ2v) is 9.82. The lowest BCUT2D eigenvalue weighted by Crippen LogP contribution is -2.49. The van der Waals surface area contributed by atoms with Crippen LogP contribution in [0.3, 0.4) is 0 Å². The van der Waals surface area contributed by atoms with Gasteiger partial charge in [0.2, 0.25) is 5.91 Å². The molecule has 2 aliphatic heterocycles. The van der Waals surface area contributed by atoms with E-state index in [0.29, 0.717) is 30.4 Å². The topological polar surface area (TPSA) is 82.8 Å². The number of aromatic nitrogens is 2. The normalized spacial score (nSPS) is 23.7. The van der Waals surface area contributed by atoms with Gasteiger partial charge >= 0.3 is 0 Å². The molecule has 1 saturated carbocycles. The molecule has 30 heavy (non-hydrogen) atoms. The predicted molar refractivity (Wildman–Crippen MR) is 111 cm³/mol. The van der Waals surface area contributed by atoms with Crippen LogP contribution in [0.4, 0.5) is 0 Å². The number of carbonyl (C=O) groups is 2. The first-order chi connectivity index (χ1) is 14.6. The zero-order chi connectivity index (χ0) is 20.7. The Morgan fingerprint density at radius 3 is 2.53 bits per heavy atom. The highest BCUT2D eigenvalue weighted by Crippen LogP contribution is 2.60. The van der Waals surface area contributed by atoms with Gasteiger partial charge in [0.05, 0.1) is 0 Å². The van der Waals surface area contributed by atoms with Crippen LogP contribution in [-0.4, -0.2) is 76.1 Å². The van der Waals surface area contributed by atoms with Crippen molar-refractivity contribution in [2.75, 3.05) is 39.3 Å². The molecule has 3 fully saturated rings. The van der Waals surface area contributed by atoms with E-state index in [2.05, 4.69) is 42.3 Å². The van der Waals surface area contributed by atoms with Gasteiger partial charge in [-0.2, -0.15) is 0 Å². The third-order valence-corrected chi connectivity index (χ3v) is 7.89. The highest BCUT2D eigenvalue weighted by Gasteiger charge is 2.59. The van der Waals surface area contributed by atoms with E-state index < -0.39 is 0 Å². The van der Waals surface area contributed by atoms with Crippen molar-refractivity contribution in [2.45, 2.75) is 32.7 Å². The van der Waals surface area contributed by atoms with E-state index in [4.69, 9.17) is 0 Å². The minimum atomic E-state index is -0.117. The summed E-state index contributed by atoms with van der Waals surface area (Å²) in [5, 5.41) is 9.55. The number of likely N-dealkylation sites (tertiary alicyclic amines) is 1. The minimum Gasteiger partial charge on any atom is -0.340 e. The molecule has 160 valence electrons. The number of hydrogen-bond donors (Lipinski definition) is 0. The van der Waals surface area contributed by atoms with E-state index in [-0.39, 0.29) is 17.2 Å². The predicted octanol–water partition coefficient (Wildman–Crippen LogP) is 2.03. The van der Waals surface area contributed by atoms with Crippen LogP contribution in [0.2, 0.25) is 0 Å². The molecular formula is C21H27N5O3S. The number of hydrogen-bond acceptors (Lipinski definition) is 7. The number of carbonyl (C=O) groups excluding carboxylic acids is 2. The molecule has 9 heteroatoms. The lowest BCUT2D eigenvalue weighted by Gasteiger charge is -2.36. The Labute approximate surface area is 179 Å². The van der Waals surface area contributed by atoms with Crippen LogP contribution in [0.5, 0.6) is 0 Å². The van der Waals surface area contributed by atoms with Gasteiger partial charge in [-0.3, -0.25) is 14.5 Å². The summed E-state index contributed by atoms with van der Waals surface area (Å²) in [6.07, 6.45) is 2.74. The van der Waals surface area contributed by atoms with E-state index in [0.717, 1.165) is 52.0 Å². The highest BCUT2D eigenvalue weighted by molar-refractivity contribution is 7.09. The molecule has 3 aliphatic rings. The Bertz CT molecular complexity index is 911. The van der Waals surface area contributed by atoms with Gasteiger partial charge in [-0.25, -0.2) is 4.63 Å². The second-order valence-electron chi connectivity index (χ2n) is 8.79. The second kappa shape index (κ2) is 7.77. The zero-order valence-electron chi connectivity index (χ0n) is 17.2. The number of piperazine rings is 1. The Kier molecular flexibility index (Phi) is 5.10. The lowest BCUT2D eigenvalue weighted by molar-refractivity contribution is -0.135. The van der Waals surface area contributed by atoms with Crippen molar-refractivity contribution in [1.29, 1.82) is 0 Å². The molecule has 0 N–H and O–H groups in total. The van der Waals surface area contributed by atoms with Crippen molar-refractivity contribution in [3.63, 3.8) is 0 Å². The molecule has 1 atom stereocenters.